The lowest BCUT2D eigenvalue weighted by atomic mass is 10.2. The van der Waals surface area contributed by atoms with Crippen LogP contribution in [-0.4, -0.2) is 61.1 Å². The summed E-state index contributed by atoms with van der Waals surface area (Å²) in [6, 6.07) is 1.32. The Balaban J connectivity index is 1.97. The first kappa shape index (κ1) is 20.0. The second-order valence-electron chi connectivity index (χ2n) is 6.02. The summed E-state index contributed by atoms with van der Waals surface area (Å²) in [7, 11) is 1.42. The minimum absolute atomic E-state index is 0.398. The Morgan fingerprint density at radius 1 is 1.19 bits per heavy atom. The van der Waals surface area contributed by atoms with E-state index < -0.39 is 29.7 Å². The van der Waals surface area contributed by atoms with Crippen LogP contribution in [0.4, 0.5) is 23.8 Å². The number of carbonyl (C=O) groups excluding carboxylic acids is 2. The molecule has 1 saturated heterocycles. The number of alkyl halides is 3. The number of hydrogen-bond acceptors (Lipinski definition) is 5. The van der Waals surface area contributed by atoms with Crippen LogP contribution in [0, 0.1) is 0 Å². The largest absolute Gasteiger partial charge is 0.417 e. The van der Waals surface area contributed by atoms with Gasteiger partial charge in [0, 0.05) is 39.4 Å². The molecule has 1 aromatic heterocycles. The minimum Gasteiger partial charge on any atom is -0.355 e. The number of amides is 3. The third-order valence-corrected chi connectivity index (χ3v) is 4.32. The number of halogens is 3. The monoisotopic (exact) mass is 373 g/mol. The number of rotatable bonds is 3. The molecule has 2 rings (SSSR count). The van der Waals surface area contributed by atoms with E-state index in [1.54, 1.807) is 6.92 Å². The Morgan fingerprint density at radius 2 is 1.92 bits per heavy atom. The van der Waals surface area contributed by atoms with E-state index in [2.05, 4.69) is 15.6 Å². The molecule has 1 aliphatic rings. The van der Waals surface area contributed by atoms with Gasteiger partial charge in [0.25, 0.3) is 0 Å². The number of imide groups is 1. The van der Waals surface area contributed by atoms with Crippen LogP contribution in [0.2, 0.25) is 0 Å². The molecule has 1 fully saturated rings. The minimum atomic E-state index is -4.41. The van der Waals surface area contributed by atoms with Gasteiger partial charge >= 0.3 is 12.2 Å². The van der Waals surface area contributed by atoms with Crippen molar-refractivity contribution in [1.82, 2.24) is 20.5 Å². The molecule has 0 aromatic carbocycles. The SMILES string of the molecule is CNC(=O)NC(=O)[C@@H](C)N1CCCN(c2ccc(C(F)(F)F)cn2)CC1. The van der Waals surface area contributed by atoms with E-state index in [9.17, 15) is 22.8 Å². The third kappa shape index (κ3) is 5.07. The number of hydrogen-bond donors (Lipinski definition) is 2. The molecule has 144 valence electrons. The Labute approximate surface area is 149 Å². The van der Waals surface area contributed by atoms with Crippen LogP contribution in [-0.2, 0) is 11.0 Å². The fourth-order valence-electron chi connectivity index (χ4n) is 2.74. The van der Waals surface area contributed by atoms with Crippen molar-refractivity contribution in [3.63, 3.8) is 0 Å². The van der Waals surface area contributed by atoms with Crippen LogP contribution in [0.1, 0.15) is 18.9 Å². The van der Waals surface area contributed by atoms with E-state index in [-0.39, 0.29) is 0 Å². The quantitative estimate of drug-likeness (QED) is 0.839. The summed E-state index contributed by atoms with van der Waals surface area (Å²) < 4.78 is 37.9. The van der Waals surface area contributed by atoms with Gasteiger partial charge in [0.15, 0.2) is 0 Å². The van der Waals surface area contributed by atoms with Crippen LogP contribution >= 0.6 is 0 Å². The molecular weight excluding hydrogens is 351 g/mol. The highest BCUT2D eigenvalue weighted by Gasteiger charge is 2.31. The molecule has 3 amide bonds. The molecule has 1 aromatic rings. The Bertz CT molecular complexity index is 636. The number of nitrogens with one attached hydrogen (secondary N) is 2. The standard InChI is InChI=1S/C16H22F3N5O2/c1-11(14(25)22-15(26)20-2)23-6-3-7-24(9-8-23)13-5-4-12(10-21-13)16(17,18)19/h4-5,10-11H,3,6-9H2,1-2H3,(H2,20,22,25,26)/t11-/m1/s1. The number of aromatic nitrogens is 1. The molecule has 0 spiro atoms. The highest BCUT2D eigenvalue weighted by Crippen LogP contribution is 2.29. The second-order valence-corrected chi connectivity index (χ2v) is 6.02. The van der Waals surface area contributed by atoms with Crippen LogP contribution < -0.4 is 15.5 Å². The fourth-order valence-corrected chi connectivity index (χ4v) is 2.74. The molecule has 0 radical (unpaired) electrons. The summed E-state index contributed by atoms with van der Waals surface area (Å²) >= 11 is 0. The third-order valence-electron chi connectivity index (χ3n) is 4.32. The van der Waals surface area contributed by atoms with E-state index in [1.165, 1.54) is 13.1 Å². The first-order chi connectivity index (χ1) is 12.2. The van der Waals surface area contributed by atoms with Crippen molar-refractivity contribution in [3.8, 4) is 0 Å². The highest BCUT2D eigenvalue weighted by atomic mass is 19.4. The highest BCUT2D eigenvalue weighted by molar-refractivity contribution is 5.96. The van der Waals surface area contributed by atoms with Crippen molar-refractivity contribution in [3.05, 3.63) is 23.9 Å². The van der Waals surface area contributed by atoms with Gasteiger partial charge in [-0.3, -0.25) is 15.0 Å². The summed E-state index contributed by atoms with van der Waals surface area (Å²) in [5, 5.41) is 4.57. The number of nitrogens with zero attached hydrogens (tertiary/aromatic N) is 3. The van der Waals surface area contributed by atoms with Gasteiger partial charge < -0.3 is 10.2 Å². The van der Waals surface area contributed by atoms with Gasteiger partial charge in [-0.1, -0.05) is 0 Å². The van der Waals surface area contributed by atoms with Gasteiger partial charge in [-0.2, -0.15) is 13.2 Å². The van der Waals surface area contributed by atoms with E-state index >= 15 is 0 Å². The van der Waals surface area contributed by atoms with Crippen LogP contribution in [0.3, 0.4) is 0 Å². The van der Waals surface area contributed by atoms with Crippen LogP contribution in [0.25, 0.3) is 0 Å². The zero-order valence-electron chi connectivity index (χ0n) is 14.6. The maximum Gasteiger partial charge on any atom is 0.417 e. The fraction of sp³-hybridized carbons (Fsp3) is 0.562. The van der Waals surface area contributed by atoms with Gasteiger partial charge in [-0.25, -0.2) is 9.78 Å². The molecule has 0 aliphatic carbocycles. The molecule has 2 heterocycles. The number of pyridine rings is 1. The Hall–Kier alpha value is -2.36. The van der Waals surface area contributed by atoms with Gasteiger partial charge in [0.1, 0.15) is 5.82 Å². The summed E-state index contributed by atoms with van der Waals surface area (Å²) in [6.45, 7) is 4.03. The van der Waals surface area contributed by atoms with Crippen molar-refractivity contribution in [2.75, 3.05) is 38.1 Å². The molecule has 26 heavy (non-hydrogen) atoms. The molecule has 1 aliphatic heterocycles. The second kappa shape index (κ2) is 8.35. The zero-order chi connectivity index (χ0) is 19.3. The molecule has 2 N–H and O–H groups in total. The maximum atomic E-state index is 12.6. The Morgan fingerprint density at radius 3 is 2.50 bits per heavy atom. The first-order valence-corrected chi connectivity index (χ1v) is 8.27. The van der Waals surface area contributed by atoms with Gasteiger partial charge in [0.2, 0.25) is 5.91 Å². The lowest BCUT2D eigenvalue weighted by molar-refractivity contribution is -0.137. The summed E-state index contributed by atoms with van der Waals surface area (Å²) in [4.78, 5) is 31.1. The first-order valence-electron chi connectivity index (χ1n) is 8.27. The van der Waals surface area contributed by atoms with Crippen LogP contribution in [0.15, 0.2) is 18.3 Å². The summed E-state index contributed by atoms with van der Waals surface area (Å²) in [5.41, 5.74) is -0.780. The van der Waals surface area contributed by atoms with Crippen molar-refractivity contribution in [2.45, 2.75) is 25.6 Å². The average Bonchev–Trinajstić information content (AvgIpc) is 2.86. The lowest BCUT2D eigenvalue weighted by Gasteiger charge is -2.26. The molecular formula is C16H22F3N5O2. The molecule has 0 saturated carbocycles. The van der Waals surface area contributed by atoms with Crippen molar-refractivity contribution >= 4 is 17.8 Å². The van der Waals surface area contributed by atoms with Gasteiger partial charge in [-0.05, 0) is 25.5 Å². The normalized spacial score (nSPS) is 17.3. The number of anilines is 1. The maximum absolute atomic E-state index is 12.6. The topological polar surface area (TPSA) is 77.6 Å². The van der Waals surface area contributed by atoms with Crippen molar-refractivity contribution < 1.29 is 22.8 Å². The molecule has 10 heteroatoms. The average molecular weight is 373 g/mol. The van der Waals surface area contributed by atoms with Crippen molar-refractivity contribution in [2.24, 2.45) is 0 Å². The predicted octanol–water partition coefficient (Wildman–Crippen LogP) is 1.46. The van der Waals surface area contributed by atoms with E-state index in [0.717, 1.165) is 18.7 Å². The summed E-state index contributed by atoms with van der Waals surface area (Å²) in [5.74, 6) is 0.0766. The molecule has 1 atom stereocenters. The molecule has 0 unspecified atom stereocenters. The van der Waals surface area contributed by atoms with Crippen molar-refractivity contribution in [1.29, 1.82) is 0 Å². The number of carbonyl (C=O) groups is 2. The van der Waals surface area contributed by atoms with E-state index in [4.69, 9.17) is 0 Å². The lowest BCUT2D eigenvalue weighted by Crippen LogP contribution is -2.50. The van der Waals surface area contributed by atoms with Crippen LogP contribution in [0.5, 0.6) is 0 Å². The van der Waals surface area contributed by atoms with E-state index in [0.29, 0.717) is 32.0 Å². The number of urea groups is 1. The van der Waals surface area contributed by atoms with Gasteiger partial charge in [0.05, 0.1) is 11.6 Å². The zero-order valence-corrected chi connectivity index (χ0v) is 14.6. The predicted molar refractivity (Wildman–Crippen MR) is 89.7 cm³/mol. The van der Waals surface area contributed by atoms with E-state index in [1.807, 2.05) is 9.80 Å². The Kier molecular flexibility index (Phi) is 6.41. The smallest absolute Gasteiger partial charge is 0.355 e. The molecule has 7 nitrogen and oxygen atoms in total. The molecule has 0 bridgehead atoms. The summed E-state index contributed by atoms with van der Waals surface area (Å²) in [6.07, 6.45) is -2.85. The van der Waals surface area contributed by atoms with Gasteiger partial charge in [-0.15, -0.1) is 0 Å².